The molecule has 2 aliphatic rings. The van der Waals surface area contributed by atoms with Gasteiger partial charge in [-0.3, -0.25) is 4.90 Å². The molecule has 1 aromatic carbocycles. The summed E-state index contributed by atoms with van der Waals surface area (Å²) in [5.74, 6) is 0. The molecule has 4 nitrogen and oxygen atoms in total. The molecule has 0 aromatic heterocycles. The number of nitrogens with zero attached hydrogens (tertiary/aromatic N) is 2. The van der Waals surface area contributed by atoms with Gasteiger partial charge in [-0.15, -0.1) is 0 Å². The maximum absolute atomic E-state index is 11.7. The van der Waals surface area contributed by atoms with Crippen molar-refractivity contribution in [3.63, 3.8) is 0 Å². The Morgan fingerprint density at radius 3 is 2.57 bits per heavy atom. The third-order valence-corrected chi connectivity index (χ3v) is 4.36. The van der Waals surface area contributed by atoms with Crippen molar-refractivity contribution in [3.05, 3.63) is 42.0 Å². The second-order valence-electron chi connectivity index (χ2n) is 5.77. The fourth-order valence-corrected chi connectivity index (χ4v) is 3.15. The van der Waals surface area contributed by atoms with Crippen LogP contribution in [0.3, 0.4) is 0 Å². The molecule has 0 bridgehead atoms. The summed E-state index contributed by atoms with van der Waals surface area (Å²) in [4.78, 5) is 16.1. The number of benzene rings is 1. The molecule has 21 heavy (non-hydrogen) atoms. The average Bonchev–Trinajstić information content (AvgIpc) is 2.95. The third-order valence-electron chi connectivity index (χ3n) is 4.36. The second-order valence-corrected chi connectivity index (χ2v) is 5.77. The molecule has 0 radical (unpaired) electrons. The van der Waals surface area contributed by atoms with Crippen LogP contribution in [0, 0.1) is 0 Å². The summed E-state index contributed by atoms with van der Waals surface area (Å²) < 4.78 is 0. The zero-order valence-electron chi connectivity index (χ0n) is 12.4. The normalized spacial score (nSPS) is 21.1. The van der Waals surface area contributed by atoms with E-state index in [1.807, 2.05) is 11.0 Å². The number of likely N-dealkylation sites (tertiary alicyclic amines) is 1. The molecule has 2 amide bonds. The first-order valence-corrected chi connectivity index (χ1v) is 7.81. The first-order valence-electron chi connectivity index (χ1n) is 7.81. The molecule has 1 aromatic rings. The molecule has 112 valence electrons. The predicted octanol–water partition coefficient (Wildman–Crippen LogP) is 2.19. The number of carbonyl (C=O) groups is 1. The van der Waals surface area contributed by atoms with Gasteiger partial charge in [-0.25, -0.2) is 4.79 Å². The van der Waals surface area contributed by atoms with E-state index in [1.54, 1.807) is 0 Å². The zero-order valence-corrected chi connectivity index (χ0v) is 12.4. The van der Waals surface area contributed by atoms with Gasteiger partial charge in [-0.1, -0.05) is 42.5 Å². The van der Waals surface area contributed by atoms with Crippen LogP contribution in [-0.2, 0) is 0 Å². The topological polar surface area (TPSA) is 35.6 Å². The molecule has 0 atom stereocenters. The fourth-order valence-electron chi connectivity index (χ4n) is 3.15. The minimum absolute atomic E-state index is 0.123. The lowest BCUT2D eigenvalue weighted by atomic mass is 10.0. The summed E-state index contributed by atoms with van der Waals surface area (Å²) in [6.45, 7) is 4.82. The number of rotatable bonds is 4. The van der Waals surface area contributed by atoms with Gasteiger partial charge in [0.1, 0.15) is 0 Å². The highest BCUT2D eigenvalue weighted by atomic mass is 16.2. The molecule has 4 heteroatoms. The van der Waals surface area contributed by atoms with E-state index < -0.39 is 0 Å². The molecule has 2 heterocycles. The fraction of sp³-hybridized carbons (Fsp3) is 0.471. The second kappa shape index (κ2) is 6.76. The number of urea groups is 1. The van der Waals surface area contributed by atoms with E-state index in [1.165, 1.54) is 5.56 Å². The molecule has 1 N–H and O–H groups in total. The lowest BCUT2D eigenvalue weighted by Crippen LogP contribution is -2.46. The van der Waals surface area contributed by atoms with Gasteiger partial charge in [0, 0.05) is 38.8 Å². The van der Waals surface area contributed by atoms with Crippen molar-refractivity contribution < 1.29 is 4.79 Å². The summed E-state index contributed by atoms with van der Waals surface area (Å²) >= 11 is 0. The Morgan fingerprint density at radius 2 is 1.90 bits per heavy atom. The molecule has 0 saturated carbocycles. The Hall–Kier alpha value is -1.81. The van der Waals surface area contributed by atoms with Gasteiger partial charge in [0.2, 0.25) is 0 Å². The van der Waals surface area contributed by atoms with E-state index in [0.717, 1.165) is 45.6 Å². The number of carbonyl (C=O) groups excluding carboxylic acids is 1. The van der Waals surface area contributed by atoms with Crippen LogP contribution in [0.25, 0.3) is 6.08 Å². The summed E-state index contributed by atoms with van der Waals surface area (Å²) in [6.07, 6.45) is 6.59. The van der Waals surface area contributed by atoms with Crippen molar-refractivity contribution in [2.24, 2.45) is 0 Å². The molecular formula is C17H23N3O. The number of nitrogens with one attached hydrogen (secondary N) is 1. The van der Waals surface area contributed by atoms with Crippen molar-refractivity contribution in [2.45, 2.75) is 18.9 Å². The maximum Gasteiger partial charge on any atom is 0.317 e. The zero-order chi connectivity index (χ0) is 14.5. The molecule has 0 unspecified atom stereocenters. The van der Waals surface area contributed by atoms with Crippen LogP contribution in [0.4, 0.5) is 4.79 Å². The van der Waals surface area contributed by atoms with Crippen molar-refractivity contribution in [3.8, 4) is 0 Å². The smallest absolute Gasteiger partial charge is 0.317 e. The predicted molar refractivity (Wildman–Crippen MR) is 85.0 cm³/mol. The van der Waals surface area contributed by atoms with Gasteiger partial charge in [0.05, 0.1) is 0 Å². The molecule has 2 aliphatic heterocycles. The van der Waals surface area contributed by atoms with E-state index in [2.05, 4.69) is 46.6 Å². The lowest BCUT2D eigenvalue weighted by molar-refractivity contribution is 0.143. The molecule has 2 saturated heterocycles. The summed E-state index contributed by atoms with van der Waals surface area (Å²) in [5, 5.41) is 2.89. The van der Waals surface area contributed by atoms with E-state index >= 15 is 0 Å². The third kappa shape index (κ3) is 3.64. The standard InChI is InChI=1S/C17H23N3O/c21-17-18-10-14-20(17)16-8-12-19(13-9-16)11-4-7-15-5-2-1-3-6-15/h1-7,16H,8-14H2,(H,18,21). The van der Waals surface area contributed by atoms with E-state index in [9.17, 15) is 4.79 Å². The average molecular weight is 285 g/mol. The molecule has 3 rings (SSSR count). The highest BCUT2D eigenvalue weighted by molar-refractivity contribution is 5.76. The number of amides is 2. The van der Waals surface area contributed by atoms with Gasteiger partial charge >= 0.3 is 6.03 Å². The van der Waals surface area contributed by atoms with Gasteiger partial charge in [-0.2, -0.15) is 0 Å². The van der Waals surface area contributed by atoms with Crippen LogP contribution in [-0.4, -0.2) is 54.6 Å². The van der Waals surface area contributed by atoms with Gasteiger partial charge in [-0.05, 0) is 18.4 Å². The van der Waals surface area contributed by atoms with Crippen LogP contribution in [0.2, 0.25) is 0 Å². The minimum Gasteiger partial charge on any atom is -0.336 e. The SMILES string of the molecule is O=C1NCCN1C1CCN(CC=Cc2ccccc2)CC1. The highest BCUT2D eigenvalue weighted by Gasteiger charge is 2.30. The first kappa shape index (κ1) is 14.1. The summed E-state index contributed by atoms with van der Waals surface area (Å²) in [5.41, 5.74) is 1.25. The quantitative estimate of drug-likeness (QED) is 0.920. The monoisotopic (exact) mass is 285 g/mol. The first-order chi connectivity index (χ1) is 10.3. The Morgan fingerprint density at radius 1 is 1.14 bits per heavy atom. The minimum atomic E-state index is 0.123. The Bertz CT molecular complexity index is 492. The molecule has 2 fully saturated rings. The van der Waals surface area contributed by atoms with E-state index in [4.69, 9.17) is 0 Å². The van der Waals surface area contributed by atoms with Gasteiger partial charge < -0.3 is 10.2 Å². The van der Waals surface area contributed by atoms with E-state index in [-0.39, 0.29) is 6.03 Å². The van der Waals surface area contributed by atoms with Crippen LogP contribution >= 0.6 is 0 Å². The van der Waals surface area contributed by atoms with Crippen LogP contribution in [0.5, 0.6) is 0 Å². The number of hydrogen-bond acceptors (Lipinski definition) is 2. The Kier molecular flexibility index (Phi) is 4.55. The van der Waals surface area contributed by atoms with Crippen LogP contribution in [0.15, 0.2) is 36.4 Å². The van der Waals surface area contributed by atoms with Crippen molar-refractivity contribution in [1.82, 2.24) is 15.1 Å². The van der Waals surface area contributed by atoms with Crippen molar-refractivity contribution in [2.75, 3.05) is 32.7 Å². The molecular weight excluding hydrogens is 262 g/mol. The number of piperidine rings is 1. The molecule has 0 aliphatic carbocycles. The maximum atomic E-state index is 11.7. The molecule has 0 spiro atoms. The lowest BCUT2D eigenvalue weighted by Gasteiger charge is -2.35. The van der Waals surface area contributed by atoms with Crippen LogP contribution < -0.4 is 5.32 Å². The largest absolute Gasteiger partial charge is 0.336 e. The van der Waals surface area contributed by atoms with Crippen molar-refractivity contribution in [1.29, 1.82) is 0 Å². The van der Waals surface area contributed by atoms with E-state index in [0.29, 0.717) is 6.04 Å². The highest BCUT2D eigenvalue weighted by Crippen LogP contribution is 2.18. The number of hydrogen-bond donors (Lipinski definition) is 1. The van der Waals surface area contributed by atoms with Gasteiger partial charge in [0.15, 0.2) is 0 Å². The summed E-state index contributed by atoms with van der Waals surface area (Å²) in [7, 11) is 0. The van der Waals surface area contributed by atoms with Crippen molar-refractivity contribution >= 4 is 12.1 Å². The van der Waals surface area contributed by atoms with Gasteiger partial charge in [0.25, 0.3) is 0 Å². The Labute approximate surface area is 126 Å². The Balaban J connectivity index is 1.44. The summed E-state index contributed by atoms with van der Waals surface area (Å²) in [6, 6.07) is 11.0. The van der Waals surface area contributed by atoms with Crippen LogP contribution in [0.1, 0.15) is 18.4 Å².